The minimum atomic E-state index is -3.76. The molecule has 0 fully saturated rings. The fraction of sp³-hybridized carbons (Fsp3) is 0.860. The number of benzene rings is 1. The summed E-state index contributed by atoms with van der Waals surface area (Å²) in [5, 5.41) is 10.9. The van der Waals surface area contributed by atoms with Crippen LogP contribution in [-0.2, 0) is 26.1 Å². The van der Waals surface area contributed by atoms with E-state index in [1.165, 1.54) is 154 Å². The van der Waals surface area contributed by atoms with Crippen molar-refractivity contribution in [1.82, 2.24) is 0 Å². The van der Waals surface area contributed by atoms with Gasteiger partial charge < -0.3 is 14.5 Å². The zero-order valence-corrected chi connectivity index (χ0v) is 34.0. The lowest BCUT2D eigenvalue weighted by molar-refractivity contribution is 0.251. The number of rotatable bonds is 30. The molecular weight excluding hydrogens is 611 g/mol. The van der Waals surface area contributed by atoms with Gasteiger partial charge in [0, 0.05) is 0 Å². The Kier molecular flexibility index (Phi) is 24.5. The summed E-state index contributed by atoms with van der Waals surface area (Å²) >= 11 is 0. The molecule has 4 nitrogen and oxygen atoms in total. The quantitative estimate of drug-likeness (QED) is 0.0622. The second kappa shape index (κ2) is 26.0. The Morgan fingerprint density at radius 2 is 0.792 bits per heavy atom. The van der Waals surface area contributed by atoms with Gasteiger partial charge in [0.1, 0.15) is 5.75 Å². The van der Waals surface area contributed by atoms with Crippen LogP contribution in [0.15, 0.2) is 12.1 Å². The SMILES string of the molecule is CCCCCCCCCCCCCCCCCCCCCCCCCCCCOP(=O)(O)Cc1cc(C(C)(C)C)c(O)c(C(C)(C)C)c1. The Morgan fingerprint density at radius 3 is 1.06 bits per heavy atom. The molecule has 48 heavy (non-hydrogen) atoms. The molecule has 0 aliphatic heterocycles. The molecule has 0 saturated carbocycles. The van der Waals surface area contributed by atoms with Gasteiger partial charge in [-0.25, -0.2) is 0 Å². The molecular formula is C43H81O4P. The summed E-state index contributed by atoms with van der Waals surface area (Å²) in [4.78, 5) is 10.6. The molecule has 282 valence electrons. The van der Waals surface area contributed by atoms with Crippen LogP contribution in [0.1, 0.15) is 232 Å². The lowest BCUT2D eigenvalue weighted by atomic mass is 9.78. The number of hydrogen-bond acceptors (Lipinski definition) is 3. The molecule has 1 rings (SSSR count). The zero-order chi connectivity index (χ0) is 35.7. The molecule has 0 heterocycles. The van der Waals surface area contributed by atoms with Crippen molar-refractivity contribution in [2.75, 3.05) is 6.61 Å². The minimum absolute atomic E-state index is 0.0289. The second-order valence-corrected chi connectivity index (χ2v) is 18.9. The third-order valence-corrected chi connectivity index (χ3v) is 11.3. The molecule has 0 amide bonds. The van der Waals surface area contributed by atoms with Crippen LogP contribution in [-0.4, -0.2) is 16.6 Å². The molecule has 5 heteroatoms. The number of phenols is 1. The highest BCUT2D eigenvalue weighted by molar-refractivity contribution is 7.51. The van der Waals surface area contributed by atoms with Gasteiger partial charge in [-0.15, -0.1) is 0 Å². The van der Waals surface area contributed by atoms with Gasteiger partial charge in [-0.1, -0.05) is 221 Å². The first-order valence-electron chi connectivity index (χ1n) is 20.6. The van der Waals surface area contributed by atoms with Crippen molar-refractivity contribution in [3.05, 3.63) is 28.8 Å². The average Bonchev–Trinajstić information content (AvgIpc) is 3.00. The number of phenolic OH excluding ortho intramolecular Hbond substituents is 1. The highest BCUT2D eigenvalue weighted by Crippen LogP contribution is 2.48. The first-order valence-corrected chi connectivity index (χ1v) is 22.4. The lowest BCUT2D eigenvalue weighted by Crippen LogP contribution is -2.18. The van der Waals surface area contributed by atoms with E-state index in [2.05, 4.69) is 48.5 Å². The standard InChI is InChI=1S/C43H81O4P/c1-8-9-10-11-12-13-14-15-16-17-18-19-20-21-22-23-24-25-26-27-28-29-30-31-32-33-34-47-48(45,46)37-38-35-39(42(2,3)4)41(44)40(36-38)43(5,6)7/h35-36,44H,8-34,37H2,1-7H3,(H,45,46). The molecule has 0 aliphatic carbocycles. The van der Waals surface area contributed by atoms with Crippen molar-refractivity contribution in [2.24, 2.45) is 0 Å². The Bertz CT molecular complexity index is 939. The number of hydrogen-bond donors (Lipinski definition) is 2. The van der Waals surface area contributed by atoms with Crippen LogP contribution in [0, 0.1) is 0 Å². The maximum atomic E-state index is 12.9. The van der Waals surface area contributed by atoms with Gasteiger partial charge in [0.05, 0.1) is 12.8 Å². The molecule has 0 aliphatic rings. The fourth-order valence-corrected chi connectivity index (χ4v) is 7.98. The fourth-order valence-electron chi connectivity index (χ4n) is 6.83. The smallest absolute Gasteiger partial charge is 0.332 e. The van der Waals surface area contributed by atoms with Crippen LogP contribution >= 0.6 is 7.60 Å². The van der Waals surface area contributed by atoms with Crippen molar-refractivity contribution in [2.45, 2.75) is 232 Å². The first kappa shape index (κ1) is 45.2. The summed E-state index contributed by atoms with van der Waals surface area (Å²) < 4.78 is 18.4. The Labute approximate surface area is 299 Å². The van der Waals surface area contributed by atoms with Gasteiger partial charge in [-0.3, -0.25) is 4.57 Å². The van der Waals surface area contributed by atoms with Crippen molar-refractivity contribution in [3.63, 3.8) is 0 Å². The van der Waals surface area contributed by atoms with E-state index in [0.717, 1.165) is 29.5 Å². The summed E-state index contributed by atoms with van der Waals surface area (Å²) in [5.74, 6) is 0.290. The largest absolute Gasteiger partial charge is 0.507 e. The van der Waals surface area contributed by atoms with E-state index in [1.54, 1.807) is 0 Å². The van der Waals surface area contributed by atoms with E-state index in [9.17, 15) is 14.6 Å². The first-order chi connectivity index (χ1) is 22.8. The van der Waals surface area contributed by atoms with E-state index in [-0.39, 0.29) is 22.7 Å². The van der Waals surface area contributed by atoms with E-state index in [0.29, 0.717) is 6.61 Å². The maximum Gasteiger partial charge on any atom is 0.332 e. The van der Waals surface area contributed by atoms with E-state index < -0.39 is 7.60 Å². The summed E-state index contributed by atoms with van der Waals surface area (Å²) in [6, 6.07) is 3.75. The topological polar surface area (TPSA) is 66.8 Å². The molecule has 0 radical (unpaired) electrons. The summed E-state index contributed by atoms with van der Waals surface area (Å²) in [7, 11) is -3.76. The Morgan fingerprint density at radius 1 is 0.521 bits per heavy atom. The van der Waals surface area contributed by atoms with Gasteiger partial charge in [0.15, 0.2) is 0 Å². The molecule has 2 N–H and O–H groups in total. The summed E-state index contributed by atoms with van der Waals surface area (Å²) in [6.45, 7) is 14.9. The van der Waals surface area contributed by atoms with Crippen molar-refractivity contribution >= 4 is 7.60 Å². The third kappa shape index (κ3) is 22.8. The van der Waals surface area contributed by atoms with Crippen molar-refractivity contribution in [1.29, 1.82) is 0 Å². The highest BCUT2D eigenvalue weighted by Gasteiger charge is 2.29. The van der Waals surface area contributed by atoms with Gasteiger partial charge in [0.2, 0.25) is 0 Å². The average molecular weight is 693 g/mol. The molecule has 0 saturated heterocycles. The van der Waals surface area contributed by atoms with E-state index in [4.69, 9.17) is 4.52 Å². The van der Waals surface area contributed by atoms with Crippen molar-refractivity contribution in [3.8, 4) is 5.75 Å². The Balaban J connectivity index is 1.97. The van der Waals surface area contributed by atoms with Gasteiger partial charge in [0.25, 0.3) is 0 Å². The van der Waals surface area contributed by atoms with Crippen LogP contribution in [0.4, 0.5) is 0 Å². The third-order valence-electron chi connectivity index (χ3n) is 9.96. The molecule has 0 aromatic heterocycles. The number of unbranched alkanes of at least 4 members (excludes halogenated alkanes) is 25. The van der Waals surface area contributed by atoms with Gasteiger partial charge >= 0.3 is 7.60 Å². The molecule has 0 bridgehead atoms. The van der Waals surface area contributed by atoms with Crippen LogP contribution in [0.25, 0.3) is 0 Å². The summed E-state index contributed by atoms with van der Waals surface area (Å²) in [6.07, 6.45) is 35.5. The van der Waals surface area contributed by atoms with Crippen LogP contribution in [0.3, 0.4) is 0 Å². The maximum absolute atomic E-state index is 12.9. The second-order valence-electron chi connectivity index (χ2n) is 17.0. The zero-order valence-electron chi connectivity index (χ0n) is 33.1. The van der Waals surface area contributed by atoms with Crippen LogP contribution < -0.4 is 0 Å². The normalized spacial score (nSPS) is 13.7. The highest BCUT2D eigenvalue weighted by atomic mass is 31.2. The molecule has 1 unspecified atom stereocenters. The minimum Gasteiger partial charge on any atom is -0.507 e. The monoisotopic (exact) mass is 693 g/mol. The molecule has 1 aromatic rings. The Hall–Kier alpha value is -0.830. The summed E-state index contributed by atoms with van der Waals surface area (Å²) in [5.41, 5.74) is 1.82. The predicted molar refractivity (Wildman–Crippen MR) is 211 cm³/mol. The van der Waals surface area contributed by atoms with E-state index >= 15 is 0 Å². The molecule has 1 atom stereocenters. The lowest BCUT2D eigenvalue weighted by Gasteiger charge is -2.28. The van der Waals surface area contributed by atoms with E-state index in [1.807, 2.05) is 12.1 Å². The van der Waals surface area contributed by atoms with Crippen molar-refractivity contribution < 1.29 is 19.1 Å². The van der Waals surface area contributed by atoms with Crippen LogP contribution in [0.5, 0.6) is 5.75 Å². The predicted octanol–water partition coefficient (Wildman–Crippen LogP) is 14.9. The van der Waals surface area contributed by atoms with Gasteiger partial charge in [-0.05, 0) is 33.9 Å². The van der Waals surface area contributed by atoms with Crippen LogP contribution in [0.2, 0.25) is 0 Å². The molecule has 1 aromatic carbocycles. The van der Waals surface area contributed by atoms with Gasteiger partial charge in [-0.2, -0.15) is 0 Å². The molecule has 0 spiro atoms. The number of aromatic hydroxyl groups is 1.